The molecule has 0 aliphatic carbocycles. The maximum Gasteiger partial charge on any atom is 0.0626 e. The predicted molar refractivity (Wildman–Crippen MR) is 40.4 cm³/mol. The van der Waals surface area contributed by atoms with Crippen LogP contribution in [-0.4, -0.2) is 42.9 Å². The summed E-state index contributed by atoms with van der Waals surface area (Å²) in [7, 11) is 2.17. The second-order valence-corrected chi connectivity index (χ2v) is 3.21. The molecule has 0 saturated carbocycles. The normalized spacial score (nSPS) is 36.3. The molecular formula is C7H15N3. The zero-order valence-corrected chi connectivity index (χ0v) is 6.51. The minimum Gasteiger partial charge on any atom is -0.303 e. The van der Waals surface area contributed by atoms with Gasteiger partial charge in [0.15, 0.2) is 0 Å². The van der Waals surface area contributed by atoms with Crippen LogP contribution in [-0.2, 0) is 0 Å². The van der Waals surface area contributed by atoms with E-state index in [0.29, 0.717) is 0 Å². The van der Waals surface area contributed by atoms with E-state index in [0.717, 1.165) is 12.7 Å². The standard InChI is InChI=1S/C7H15N3/c1-9-5-3-7-2-4-8-6-10(7)9/h7-8H,2-6H2,1H3. The number of hydrogen-bond donors (Lipinski definition) is 1. The summed E-state index contributed by atoms with van der Waals surface area (Å²) in [6.07, 6.45) is 2.68. The van der Waals surface area contributed by atoms with Crippen molar-refractivity contribution in [1.82, 2.24) is 15.3 Å². The molecule has 0 radical (unpaired) electrons. The fraction of sp³-hybridized carbons (Fsp3) is 1.00. The van der Waals surface area contributed by atoms with Crippen LogP contribution in [0.4, 0.5) is 0 Å². The number of hydrogen-bond acceptors (Lipinski definition) is 3. The van der Waals surface area contributed by atoms with Crippen LogP contribution in [0.5, 0.6) is 0 Å². The van der Waals surface area contributed by atoms with E-state index >= 15 is 0 Å². The third-order valence-corrected chi connectivity index (χ3v) is 2.57. The summed E-state index contributed by atoms with van der Waals surface area (Å²) in [5, 5.41) is 8.14. The lowest BCUT2D eigenvalue weighted by molar-refractivity contribution is -0.00530. The second-order valence-electron chi connectivity index (χ2n) is 3.21. The number of nitrogens with one attached hydrogen (secondary N) is 1. The molecule has 2 saturated heterocycles. The lowest BCUT2D eigenvalue weighted by Crippen LogP contribution is -2.49. The first-order chi connectivity index (χ1) is 4.88. The van der Waals surface area contributed by atoms with Crippen LogP contribution in [0.25, 0.3) is 0 Å². The van der Waals surface area contributed by atoms with E-state index in [-0.39, 0.29) is 0 Å². The zero-order valence-electron chi connectivity index (χ0n) is 6.51. The van der Waals surface area contributed by atoms with Gasteiger partial charge in [-0.05, 0) is 19.4 Å². The van der Waals surface area contributed by atoms with Crippen LogP contribution >= 0.6 is 0 Å². The molecule has 10 heavy (non-hydrogen) atoms. The molecule has 1 N–H and O–H groups in total. The van der Waals surface area contributed by atoms with Crippen molar-refractivity contribution >= 4 is 0 Å². The Kier molecular flexibility index (Phi) is 1.64. The highest BCUT2D eigenvalue weighted by Gasteiger charge is 2.30. The van der Waals surface area contributed by atoms with Crippen molar-refractivity contribution in [1.29, 1.82) is 0 Å². The molecule has 0 aromatic rings. The topological polar surface area (TPSA) is 18.5 Å². The van der Waals surface area contributed by atoms with Crippen LogP contribution in [0.15, 0.2) is 0 Å². The van der Waals surface area contributed by atoms with Crippen molar-refractivity contribution < 1.29 is 0 Å². The Morgan fingerprint density at radius 2 is 2.30 bits per heavy atom. The van der Waals surface area contributed by atoms with E-state index in [9.17, 15) is 0 Å². The molecule has 0 aromatic heterocycles. The Bertz CT molecular complexity index is 124. The molecule has 0 spiro atoms. The largest absolute Gasteiger partial charge is 0.303 e. The van der Waals surface area contributed by atoms with E-state index in [1.807, 2.05) is 0 Å². The van der Waals surface area contributed by atoms with Crippen LogP contribution in [0, 0.1) is 0 Å². The quantitative estimate of drug-likeness (QED) is 0.506. The van der Waals surface area contributed by atoms with Gasteiger partial charge in [0.25, 0.3) is 0 Å². The van der Waals surface area contributed by atoms with E-state index in [4.69, 9.17) is 0 Å². The number of fused-ring (bicyclic) bond motifs is 1. The number of hydrazine groups is 1. The van der Waals surface area contributed by atoms with Gasteiger partial charge in [-0.2, -0.15) is 0 Å². The molecule has 0 bridgehead atoms. The van der Waals surface area contributed by atoms with E-state index < -0.39 is 0 Å². The zero-order chi connectivity index (χ0) is 6.97. The van der Waals surface area contributed by atoms with Crippen molar-refractivity contribution in [3.05, 3.63) is 0 Å². The summed E-state index contributed by atoms with van der Waals surface area (Å²) in [6, 6.07) is 0.839. The minimum absolute atomic E-state index is 0.839. The van der Waals surface area contributed by atoms with E-state index in [1.54, 1.807) is 0 Å². The third kappa shape index (κ3) is 0.944. The minimum atomic E-state index is 0.839. The van der Waals surface area contributed by atoms with E-state index in [1.165, 1.54) is 25.9 Å². The molecule has 1 unspecified atom stereocenters. The highest BCUT2D eigenvalue weighted by molar-refractivity contribution is 4.80. The molecule has 0 aromatic carbocycles. The van der Waals surface area contributed by atoms with Gasteiger partial charge in [0.1, 0.15) is 0 Å². The fourth-order valence-corrected chi connectivity index (χ4v) is 1.90. The third-order valence-electron chi connectivity index (χ3n) is 2.57. The first-order valence-corrected chi connectivity index (χ1v) is 4.06. The Hall–Kier alpha value is -0.120. The molecule has 2 aliphatic rings. The summed E-state index contributed by atoms with van der Waals surface area (Å²) >= 11 is 0. The van der Waals surface area contributed by atoms with Crippen molar-refractivity contribution in [3.8, 4) is 0 Å². The number of nitrogens with zero attached hydrogens (tertiary/aromatic N) is 2. The van der Waals surface area contributed by atoms with Gasteiger partial charge < -0.3 is 5.32 Å². The van der Waals surface area contributed by atoms with Gasteiger partial charge in [0, 0.05) is 19.6 Å². The molecule has 2 heterocycles. The monoisotopic (exact) mass is 141 g/mol. The van der Waals surface area contributed by atoms with Gasteiger partial charge >= 0.3 is 0 Å². The van der Waals surface area contributed by atoms with Gasteiger partial charge in [0.05, 0.1) is 6.67 Å². The molecule has 3 nitrogen and oxygen atoms in total. The van der Waals surface area contributed by atoms with E-state index in [2.05, 4.69) is 22.4 Å². The molecule has 2 aliphatic heterocycles. The molecule has 1 atom stereocenters. The SMILES string of the molecule is CN1CCC2CCNCN21. The molecule has 3 heteroatoms. The molecule has 2 fully saturated rings. The molecule has 0 amide bonds. The average Bonchev–Trinajstić information content (AvgIpc) is 2.34. The van der Waals surface area contributed by atoms with Gasteiger partial charge in [-0.3, -0.25) is 0 Å². The summed E-state index contributed by atoms with van der Waals surface area (Å²) in [6.45, 7) is 3.50. The summed E-state index contributed by atoms with van der Waals surface area (Å²) in [5.74, 6) is 0. The lowest BCUT2D eigenvalue weighted by atomic mass is 10.1. The average molecular weight is 141 g/mol. The van der Waals surface area contributed by atoms with Crippen LogP contribution in [0.2, 0.25) is 0 Å². The highest BCUT2D eigenvalue weighted by atomic mass is 15.7. The Morgan fingerprint density at radius 3 is 3.10 bits per heavy atom. The molecule has 2 rings (SSSR count). The first kappa shape index (κ1) is 6.58. The smallest absolute Gasteiger partial charge is 0.0626 e. The second kappa shape index (κ2) is 2.49. The van der Waals surface area contributed by atoms with Crippen LogP contribution in [0.3, 0.4) is 0 Å². The van der Waals surface area contributed by atoms with Gasteiger partial charge in [-0.15, -0.1) is 0 Å². The van der Waals surface area contributed by atoms with Crippen LogP contribution < -0.4 is 5.32 Å². The number of rotatable bonds is 0. The van der Waals surface area contributed by atoms with Crippen molar-refractivity contribution in [2.24, 2.45) is 0 Å². The maximum absolute atomic E-state index is 3.37. The maximum atomic E-state index is 3.37. The van der Waals surface area contributed by atoms with Gasteiger partial charge in [-0.1, -0.05) is 0 Å². The summed E-state index contributed by atoms with van der Waals surface area (Å²) in [4.78, 5) is 0. The Labute approximate surface area is 62.0 Å². The first-order valence-electron chi connectivity index (χ1n) is 4.06. The summed E-state index contributed by atoms with van der Waals surface area (Å²) in [5.41, 5.74) is 0. The predicted octanol–water partition coefficient (Wildman–Crippen LogP) is -0.142. The van der Waals surface area contributed by atoms with Gasteiger partial charge in [0.2, 0.25) is 0 Å². The Morgan fingerprint density at radius 1 is 1.40 bits per heavy atom. The highest BCUT2D eigenvalue weighted by Crippen LogP contribution is 2.20. The van der Waals surface area contributed by atoms with Crippen molar-refractivity contribution in [2.75, 3.05) is 26.8 Å². The summed E-state index contributed by atoms with van der Waals surface area (Å²) < 4.78 is 0. The lowest BCUT2D eigenvalue weighted by Gasteiger charge is -2.33. The van der Waals surface area contributed by atoms with Gasteiger partial charge in [-0.25, -0.2) is 10.0 Å². The molecule has 58 valence electrons. The molecular weight excluding hydrogens is 126 g/mol. The fourth-order valence-electron chi connectivity index (χ4n) is 1.90. The van der Waals surface area contributed by atoms with Crippen LogP contribution in [0.1, 0.15) is 12.8 Å². The Balaban J connectivity index is 2.01. The van der Waals surface area contributed by atoms with Crippen molar-refractivity contribution in [2.45, 2.75) is 18.9 Å². The van der Waals surface area contributed by atoms with Crippen molar-refractivity contribution in [3.63, 3.8) is 0 Å².